The molecule has 2 heteroatoms. The standard InChI is InChI=1S/C19H26N2/c1-2-6-15-7-5-11-19(20,12-10-15)18-14-21-13-16-8-3-4-9-17(16)18/h3-4,8-9,13-15H,2,5-7,10-12,20H2,1H3. The van der Waals surface area contributed by atoms with Crippen LogP contribution < -0.4 is 5.73 Å². The molecule has 0 aliphatic heterocycles. The maximum atomic E-state index is 6.86. The van der Waals surface area contributed by atoms with Gasteiger partial charge in [0.05, 0.1) is 0 Å². The molecule has 1 saturated carbocycles. The van der Waals surface area contributed by atoms with E-state index in [4.69, 9.17) is 5.73 Å². The fourth-order valence-electron chi connectivity index (χ4n) is 3.92. The van der Waals surface area contributed by atoms with Gasteiger partial charge in [-0.15, -0.1) is 0 Å². The molecule has 1 aromatic carbocycles. The first-order valence-electron chi connectivity index (χ1n) is 8.35. The number of nitrogens with two attached hydrogens (primary N) is 1. The van der Waals surface area contributed by atoms with Gasteiger partial charge < -0.3 is 5.73 Å². The molecule has 2 N–H and O–H groups in total. The monoisotopic (exact) mass is 282 g/mol. The fourth-order valence-corrected chi connectivity index (χ4v) is 3.92. The van der Waals surface area contributed by atoms with Crippen LogP contribution in [0.15, 0.2) is 36.7 Å². The van der Waals surface area contributed by atoms with E-state index in [1.165, 1.54) is 48.4 Å². The third kappa shape index (κ3) is 2.96. The molecule has 0 bridgehead atoms. The molecule has 2 atom stereocenters. The topological polar surface area (TPSA) is 38.9 Å². The summed E-state index contributed by atoms with van der Waals surface area (Å²) in [6.07, 6.45) is 12.6. The van der Waals surface area contributed by atoms with Crippen LogP contribution in [0.3, 0.4) is 0 Å². The molecule has 0 amide bonds. The van der Waals surface area contributed by atoms with Crippen LogP contribution in [0.1, 0.15) is 57.4 Å². The summed E-state index contributed by atoms with van der Waals surface area (Å²) in [5.74, 6) is 0.864. The van der Waals surface area contributed by atoms with Gasteiger partial charge in [-0.25, -0.2) is 0 Å². The molecule has 0 spiro atoms. The predicted octanol–water partition coefficient (Wildman–Crippen LogP) is 4.77. The zero-order valence-electron chi connectivity index (χ0n) is 13.0. The Morgan fingerprint density at radius 2 is 2.05 bits per heavy atom. The molecule has 1 aliphatic rings. The van der Waals surface area contributed by atoms with E-state index in [0.29, 0.717) is 0 Å². The molecule has 1 aromatic heterocycles. The molecular weight excluding hydrogens is 256 g/mol. The molecular formula is C19H26N2. The first-order valence-corrected chi connectivity index (χ1v) is 8.35. The number of hydrogen-bond donors (Lipinski definition) is 1. The number of benzene rings is 1. The van der Waals surface area contributed by atoms with Crippen LogP contribution in [0.4, 0.5) is 0 Å². The van der Waals surface area contributed by atoms with Crippen molar-refractivity contribution in [3.8, 4) is 0 Å². The summed E-state index contributed by atoms with van der Waals surface area (Å²) in [6, 6.07) is 8.49. The van der Waals surface area contributed by atoms with Gasteiger partial charge >= 0.3 is 0 Å². The van der Waals surface area contributed by atoms with Crippen LogP contribution in [0.5, 0.6) is 0 Å². The van der Waals surface area contributed by atoms with E-state index < -0.39 is 0 Å². The fraction of sp³-hybridized carbons (Fsp3) is 0.526. The zero-order chi connectivity index (χ0) is 14.7. The smallest absolute Gasteiger partial charge is 0.0431 e. The normalized spacial score (nSPS) is 26.7. The van der Waals surface area contributed by atoms with E-state index in [0.717, 1.165) is 18.8 Å². The Labute approximate surface area is 127 Å². The maximum Gasteiger partial charge on any atom is 0.0431 e. The van der Waals surface area contributed by atoms with Gasteiger partial charge in [0.15, 0.2) is 0 Å². The molecule has 1 heterocycles. The number of rotatable bonds is 3. The van der Waals surface area contributed by atoms with Crippen molar-refractivity contribution in [1.82, 2.24) is 4.98 Å². The number of aromatic nitrogens is 1. The first kappa shape index (κ1) is 14.5. The third-order valence-corrected chi connectivity index (χ3v) is 5.14. The van der Waals surface area contributed by atoms with Crippen molar-refractivity contribution in [3.05, 3.63) is 42.2 Å². The van der Waals surface area contributed by atoms with Gasteiger partial charge in [0.2, 0.25) is 0 Å². The minimum atomic E-state index is -0.198. The lowest BCUT2D eigenvalue weighted by molar-refractivity contribution is 0.368. The second-order valence-corrected chi connectivity index (χ2v) is 6.65. The summed E-state index contributed by atoms with van der Waals surface area (Å²) in [7, 11) is 0. The van der Waals surface area contributed by atoms with Crippen molar-refractivity contribution < 1.29 is 0 Å². The highest BCUT2D eigenvalue weighted by Gasteiger charge is 2.32. The molecule has 2 unspecified atom stereocenters. The average molecular weight is 282 g/mol. The molecule has 2 aromatic rings. The molecule has 1 fully saturated rings. The SMILES string of the molecule is CCCC1CCCC(N)(c2cncc3ccccc23)CC1. The summed E-state index contributed by atoms with van der Waals surface area (Å²) < 4.78 is 0. The minimum Gasteiger partial charge on any atom is -0.321 e. The van der Waals surface area contributed by atoms with Crippen LogP contribution >= 0.6 is 0 Å². The maximum absolute atomic E-state index is 6.86. The highest BCUT2D eigenvalue weighted by atomic mass is 14.8. The molecule has 1 aliphatic carbocycles. The van der Waals surface area contributed by atoms with Gasteiger partial charge in [-0.3, -0.25) is 4.98 Å². The van der Waals surface area contributed by atoms with Gasteiger partial charge in [0, 0.05) is 23.3 Å². The number of fused-ring (bicyclic) bond motifs is 1. The van der Waals surface area contributed by atoms with Crippen LogP contribution in [-0.2, 0) is 5.54 Å². The van der Waals surface area contributed by atoms with Crippen molar-refractivity contribution in [1.29, 1.82) is 0 Å². The summed E-state index contributed by atoms with van der Waals surface area (Å²) >= 11 is 0. The van der Waals surface area contributed by atoms with E-state index in [1.807, 2.05) is 12.4 Å². The predicted molar refractivity (Wildman–Crippen MR) is 89.1 cm³/mol. The summed E-state index contributed by atoms with van der Waals surface area (Å²) in [5, 5.41) is 2.48. The largest absolute Gasteiger partial charge is 0.321 e. The number of hydrogen-bond acceptors (Lipinski definition) is 2. The van der Waals surface area contributed by atoms with Crippen molar-refractivity contribution in [2.24, 2.45) is 11.7 Å². The lowest BCUT2D eigenvalue weighted by Crippen LogP contribution is -2.36. The van der Waals surface area contributed by atoms with Crippen LogP contribution in [0.2, 0.25) is 0 Å². The highest BCUT2D eigenvalue weighted by Crippen LogP contribution is 2.39. The Bertz CT molecular complexity index is 602. The Hall–Kier alpha value is -1.41. The van der Waals surface area contributed by atoms with Gasteiger partial charge in [0.25, 0.3) is 0 Å². The quantitative estimate of drug-likeness (QED) is 0.824. The van der Waals surface area contributed by atoms with Crippen molar-refractivity contribution in [2.45, 2.75) is 57.4 Å². The molecule has 2 nitrogen and oxygen atoms in total. The summed E-state index contributed by atoms with van der Waals surface area (Å²) in [6.45, 7) is 2.29. The van der Waals surface area contributed by atoms with Crippen molar-refractivity contribution in [2.75, 3.05) is 0 Å². The van der Waals surface area contributed by atoms with E-state index in [2.05, 4.69) is 36.2 Å². The van der Waals surface area contributed by atoms with E-state index >= 15 is 0 Å². The molecule has 21 heavy (non-hydrogen) atoms. The second-order valence-electron chi connectivity index (χ2n) is 6.65. The molecule has 0 saturated heterocycles. The lowest BCUT2D eigenvalue weighted by atomic mass is 9.82. The highest BCUT2D eigenvalue weighted by molar-refractivity contribution is 5.85. The minimum absolute atomic E-state index is 0.198. The Balaban J connectivity index is 1.93. The number of pyridine rings is 1. The van der Waals surface area contributed by atoms with Crippen LogP contribution in [-0.4, -0.2) is 4.98 Å². The molecule has 3 rings (SSSR count). The van der Waals surface area contributed by atoms with Crippen LogP contribution in [0, 0.1) is 5.92 Å². The average Bonchev–Trinajstić information content (AvgIpc) is 2.70. The Morgan fingerprint density at radius 1 is 1.19 bits per heavy atom. The summed E-state index contributed by atoms with van der Waals surface area (Å²) in [5.41, 5.74) is 7.91. The third-order valence-electron chi connectivity index (χ3n) is 5.14. The zero-order valence-corrected chi connectivity index (χ0v) is 13.0. The van der Waals surface area contributed by atoms with E-state index in [-0.39, 0.29) is 5.54 Å². The van der Waals surface area contributed by atoms with Gasteiger partial charge in [-0.2, -0.15) is 0 Å². The molecule has 112 valence electrons. The lowest BCUT2D eigenvalue weighted by Gasteiger charge is -2.29. The van der Waals surface area contributed by atoms with Crippen molar-refractivity contribution in [3.63, 3.8) is 0 Å². The first-order chi connectivity index (χ1) is 10.2. The Morgan fingerprint density at radius 3 is 2.90 bits per heavy atom. The van der Waals surface area contributed by atoms with Gasteiger partial charge in [-0.1, -0.05) is 56.9 Å². The Kier molecular flexibility index (Phi) is 4.25. The number of nitrogens with zero attached hydrogens (tertiary/aromatic N) is 1. The second kappa shape index (κ2) is 6.15. The van der Waals surface area contributed by atoms with E-state index in [9.17, 15) is 0 Å². The van der Waals surface area contributed by atoms with E-state index in [1.54, 1.807) is 0 Å². The van der Waals surface area contributed by atoms with Crippen molar-refractivity contribution >= 4 is 10.8 Å². The summed E-state index contributed by atoms with van der Waals surface area (Å²) in [4.78, 5) is 4.44. The van der Waals surface area contributed by atoms with Crippen LogP contribution in [0.25, 0.3) is 10.8 Å². The molecule has 0 radical (unpaired) electrons. The van der Waals surface area contributed by atoms with Gasteiger partial charge in [0.1, 0.15) is 0 Å². The van der Waals surface area contributed by atoms with Gasteiger partial charge in [-0.05, 0) is 36.1 Å².